The van der Waals surface area contributed by atoms with Gasteiger partial charge in [-0.2, -0.15) is 15.3 Å². The van der Waals surface area contributed by atoms with Crippen LogP contribution in [0, 0.1) is 4.77 Å². The van der Waals surface area contributed by atoms with E-state index in [1.807, 2.05) is 50.7 Å². The fraction of sp³-hybridized carbons (Fsp3) is 0.222. The van der Waals surface area contributed by atoms with E-state index in [9.17, 15) is 0 Å². The van der Waals surface area contributed by atoms with Crippen LogP contribution >= 0.6 is 28.1 Å². The van der Waals surface area contributed by atoms with E-state index in [2.05, 4.69) is 55.4 Å². The second kappa shape index (κ2) is 7.61. The highest BCUT2D eigenvalue weighted by atomic mass is 79.9. The van der Waals surface area contributed by atoms with Crippen molar-refractivity contribution in [2.75, 3.05) is 0 Å². The van der Waals surface area contributed by atoms with Gasteiger partial charge < -0.3 is 0 Å². The largest absolute Gasteiger partial charge is 0.267 e. The third kappa shape index (κ3) is 3.65. The minimum Gasteiger partial charge on any atom is -0.267 e. The average Bonchev–Trinajstić information content (AvgIpc) is 3.38. The van der Waals surface area contributed by atoms with Crippen LogP contribution in [0.4, 0.5) is 0 Å². The van der Waals surface area contributed by atoms with Gasteiger partial charge in [0.2, 0.25) is 0 Å². The molecule has 3 heterocycles. The minimum absolute atomic E-state index is 0.0401. The first-order valence-corrected chi connectivity index (χ1v) is 9.79. The number of hydrogen-bond donors (Lipinski definition) is 1. The minimum atomic E-state index is -0.0401. The molecule has 0 aliphatic heterocycles. The Kier molecular flexibility index (Phi) is 5.04. The van der Waals surface area contributed by atoms with Gasteiger partial charge in [-0.1, -0.05) is 37.3 Å². The third-order valence-electron chi connectivity index (χ3n) is 4.34. The number of nitrogens with zero attached hydrogens (tertiary/aromatic N) is 6. The summed E-state index contributed by atoms with van der Waals surface area (Å²) in [5, 5.41) is 16.3. The lowest BCUT2D eigenvalue weighted by Gasteiger charge is -2.15. The summed E-state index contributed by atoms with van der Waals surface area (Å²) in [6.45, 7) is 2.80. The molecule has 1 atom stereocenters. The molecule has 0 fully saturated rings. The Hall–Kier alpha value is -2.52. The van der Waals surface area contributed by atoms with Gasteiger partial charge in [0.15, 0.2) is 10.6 Å². The van der Waals surface area contributed by atoms with Gasteiger partial charge in [0.1, 0.15) is 6.04 Å². The zero-order valence-corrected chi connectivity index (χ0v) is 17.1. The summed E-state index contributed by atoms with van der Waals surface area (Å²) in [7, 11) is 0. The van der Waals surface area contributed by atoms with Crippen molar-refractivity contribution in [3.8, 4) is 5.69 Å². The Balaban J connectivity index is 1.69. The summed E-state index contributed by atoms with van der Waals surface area (Å²) >= 11 is 8.94. The van der Waals surface area contributed by atoms with E-state index in [1.165, 1.54) is 5.56 Å². The molecule has 27 heavy (non-hydrogen) atoms. The van der Waals surface area contributed by atoms with Crippen molar-refractivity contribution in [1.82, 2.24) is 34.3 Å². The third-order valence-corrected chi connectivity index (χ3v) is 5.02. The standard InChI is InChI=1S/C18H18BrN7S/c1-2-16(25-11-14(19)8-21-25)17-22-23-18(27)26(17)15-9-20-24(12-15)10-13-6-4-3-5-7-13/h3-9,11-12,16H,2,10H2,1H3,(H,23,27)/t16-/m0/s1. The SMILES string of the molecule is CC[C@@H](c1n[nH]c(=S)n1-c1cnn(Cc2ccccc2)c1)n1cc(Br)cn1. The molecular formula is C18H18BrN7S. The normalized spacial score (nSPS) is 12.4. The second-order valence-corrected chi connectivity index (χ2v) is 7.47. The number of aromatic nitrogens is 7. The Morgan fingerprint density at radius 3 is 2.67 bits per heavy atom. The van der Waals surface area contributed by atoms with Gasteiger partial charge in [0.05, 0.1) is 29.1 Å². The lowest BCUT2D eigenvalue weighted by Crippen LogP contribution is -2.15. The number of rotatable bonds is 6. The van der Waals surface area contributed by atoms with Gasteiger partial charge in [-0.25, -0.2) is 0 Å². The van der Waals surface area contributed by atoms with Crippen LogP contribution in [-0.2, 0) is 6.54 Å². The Morgan fingerprint density at radius 1 is 1.15 bits per heavy atom. The van der Waals surface area contributed by atoms with E-state index in [0.717, 1.165) is 22.4 Å². The molecule has 0 amide bonds. The van der Waals surface area contributed by atoms with Crippen LogP contribution in [0.3, 0.4) is 0 Å². The highest BCUT2D eigenvalue weighted by molar-refractivity contribution is 9.10. The van der Waals surface area contributed by atoms with E-state index in [4.69, 9.17) is 12.2 Å². The Morgan fingerprint density at radius 2 is 1.96 bits per heavy atom. The van der Waals surface area contributed by atoms with Gasteiger partial charge in [-0.15, -0.1) is 0 Å². The van der Waals surface area contributed by atoms with Crippen LogP contribution in [0.15, 0.2) is 59.6 Å². The highest BCUT2D eigenvalue weighted by Crippen LogP contribution is 2.24. The van der Waals surface area contributed by atoms with Gasteiger partial charge in [-0.3, -0.25) is 19.0 Å². The van der Waals surface area contributed by atoms with Crippen LogP contribution in [0.25, 0.3) is 5.69 Å². The molecule has 4 rings (SSSR count). The molecule has 1 aromatic carbocycles. The maximum absolute atomic E-state index is 5.49. The summed E-state index contributed by atoms with van der Waals surface area (Å²) in [5.41, 5.74) is 2.07. The fourth-order valence-corrected chi connectivity index (χ4v) is 3.63. The van der Waals surface area contributed by atoms with Crippen LogP contribution < -0.4 is 0 Å². The number of aromatic amines is 1. The van der Waals surface area contributed by atoms with Gasteiger partial charge >= 0.3 is 0 Å². The molecule has 138 valence electrons. The molecule has 0 radical (unpaired) electrons. The monoisotopic (exact) mass is 443 g/mol. The van der Waals surface area contributed by atoms with Crippen LogP contribution in [-0.4, -0.2) is 34.3 Å². The molecule has 3 aromatic heterocycles. The molecule has 0 aliphatic carbocycles. The van der Waals surface area contributed by atoms with Crippen molar-refractivity contribution < 1.29 is 0 Å². The second-order valence-electron chi connectivity index (χ2n) is 6.17. The summed E-state index contributed by atoms with van der Waals surface area (Å²) < 4.78 is 7.17. The number of nitrogens with one attached hydrogen (secondary N) is 1. The molecule has 1 N–H and O–H groups in total. The molecule has 0 bridgehead atoms. The molecule has 4 aromatic rings. The van der Waals surface area contributed by atoms with Crippen molar-refractivity contribution in [2.24, 2.45) is 0 Å². The average molecular weight is 444 g/mol. The van der Waals surface area contributed by atoms with Gasteiger partial charge in [0.25, 0.3) is 0 Å². The van der Waals surface area contributed by atoms with E-state index in [-0.39, 0.29) is 6.04 Å². The zero-order chi connectivity index (χ0) is 18.8. The van der Waals surface area contributed by atoms with Crippen molar-refractivity contribution in [1.29, 1.82) is 0 Å². The first kappa shape index (κ1) is 17.9. The number of benzene rings is 1. The molecule has 9 heteroatoms. The fourth-order valence-electron chi connectivity index (χ4n) is 3.08. The van der Waals surface area contributed by atoms with Crippen LogP contribution in [0.5, 0.6) is 0 Å². The number of halogens is 1. The summed E-state index contributed by atoms with van der Waals surface area (Å²) in [6, 6.07) is 10.2. The van der Waals surface area contributed by atoms with Crippen molar-refractivity contribution in [3.05, 3.63) is 75.8 Å². The first-order chi connectivity index (χ1) is 13.2. The van der Waals surface area contributed by atoms with Gasteiger partial charge in [-0.05, 0) is 40.1 Å². The van der Waals surface area contributed by atoms with E-state index in [0.29, 0.717) is 11.3 Å². The van der Waals surface area contributed by atoms with Crippen molar-refractivity contribution in [3.63, 3.8) is 0 Å². The lowest BCUT2D eigenvalue weighted by molar-refractivity contribution is 0.477. The highest BCUT2D eigenvalue weighted by Gasteiger charge is 2.21. The smallest absolute Gasteiger partial charge is 0.200 e. The summed E-state index contributed by atoms with van der Waals surface area (Å²) in [4.78, 5) is 0. The van der Waals surface area contributed by atoms with Crippen LogP contribution in [0.2, 0.25) is 0 Å². The lowest BCUT2D eigenvalue weighted by atomic mass is 10.2. The molecule has 0 saturated heterocycles. The Labute approximate surface area is 169 Å². The molecule has 0 aliphatic rings. The predicted molar refractivity (Wildman–Crippen MR) is 108 cm³/mol. The number of hydrogen-bond acceptors (Lipinski definition) is 4. The molecule has 0 unspecified atom stereocenters. The van der Waals surface area contributed by atoms with E-state index >= 15 is 0 Å². The van der Waals surface area contributed by atoms with Crippen LogP contribution in [0.1, 0.15) is 30.8 Å². The molecular weight excluding hydrogens is 426 g/mol. The molecule has 0 spiro atoms. The summed E-state index contributed by atoms with van der Waals surface area (Å²) in [5.74, 6) is 0.803. The van der Waals surface area contributed by atoms with Crippen molar-refractivity contribution in [2.45, 2.75) is 25.9 Å². The predicted octanol–water partition coefficient (Wildman–Crippen LogP) is 4.13. The van der Waals surface area contributed by atoms with Crippen molar-refractivity contribution >= 4 is 28.1 Å². The quantitative estimate of drug-likeness (QED) is 0.454. The van der Waals surface area contributed by atoms with Gasteiger partial charge in [0, 0.05) is 12.4 Å². The maximum Gasteiger partial charge on any atom is 0.200 e. The van der Waals surface area contributed by atoms with E-state index < -0.39 is 0 Å². The topological polar surface area (TPSA) is 69.2 Å². The maximum atomic E-state index is 5.49. The molecule has 0 saturated carbocycles. The molecule has 7 nitrogen and oxygen atoms in total. The summed E-state index contributed by atoms with van der Waals surface area (Å²) in [6.07, 6.45) is 8.32. The Bertz CT molecular complexity index is 1090. The van der Waals surface area contributed by atoms with E-state index in [1.54, 1.807) is 6.20 Å². The number of H-pyrrole nitrogens is 1. The first-order valence-electron chi connectivity index (χ1n) is 8.59. The zero-order valence-electron chi connectivity index (χ0n) is 14.7.